The molecule has 1 unspecified atom stereocenters. The number of ether oxygens (including phenoxy) is 1. The molecule has 0 bridgehead atoms. The molecule has 2 N–H and O–H groups in total. The molecule has 0 radical (unpaired) electrons. The maximum Gasteiger partial charge on any atom is 0.344 e. The smallest absolute Gasteiger partial charge is 0.344 e. The molecule has 0 aliphatic carbocycles. The van der Waals surface area contributed by atoms with Crippen molar-refractivity contribution in [2.24, 2.45) is 5.73 Å². The van der Waals surface area contributed by atoms with Gasteiger partial charge in [0, 0.05) is 17.3 Å². The lowest BCUT2D eigenvalue weighted by Gasteiger charge is -2.33. The van der Waals surface area contributed by atoms with E-state index >= 15 is 0 Å². The van der Waals surface area contributed by atoms with Crippen molar-refractivity contribution in [3.63, 3.8) is 0 Å². The van der Waals surface area contributed by atoms with E-state index in [0.717, 1.165) is 0 Å². The summed E-state index contributed by atoms with van der Waals surface area (Å²) in [7, 11) is 0. The molecule has 2 aliphatic heterocycles. The molecule has 4 rings (SSSR count). The van der Waals surface area contributed by atoms with Gasteiger partial charge in [0.05, 0.1) is 6.54 Å². The third-order valence-corrected chi connectivity index (χ3v) is 4.78. The minimum atomic E-state index is -1.76. The van der Waals surface area contributed by atoms with Crippen molar-refractivity contribution in [3.8, 4) is 24.2 Å². The number of nitrogens with two attached hydrogens (primary N) is 1. The van der Waals surface area contributed by atoms with Crippen LogP contribution in [0.4, 0.5) is 5.69 Å². The largest absolute Gasteiger partial charge is 0.440 e. The van der Waals surface area contributed by atoms with Crippen LogP contribution < -0.4 is 21.0 Å². The average Bonchev–Trinajstić information content (AvgIpc) is 2.85. The fourth-order valence-electron chi connectivity index (χ4n) is 3.81. The highest BCUT2D eigenvalue weighted by Gasteiger charge is 2.60. The number of carbonyl (C=O) groups is 1. The summed E-state index contributed by atoms with van der Waals surface area (Å²) in [5.74, 6) is 2.04. The summed E-state index contributed by atoms with van der Waals surface area (Å²) in [4.78, 5) is 27.8. The van der Waals surface area contributed by atoms with Crippen LogP contribution in [-0.4, -0.2) is 12.5 Å². The quantitative estimate of drug-likeness (QED) is 0.769. The van der Waals surface area contributed by atoms with Crippen LogP contribution in [0, 0.1) is 30.6 Å². The molecular formula is C20H13N3O4. The first-order valence-corrected chi connectivity index (χ1v) is 8.05. The lowest BCUT2D eigenvalue weighted by molar-refractivity contribution is -0.120. The molecule has 2 aliphatic rings. The SMILES string of the molecule is C#CCN1C(=O)C2(C(C#N)=C(N)Oc3cc(C)oc(=O)c32)c2ccccc21. The predicted molar refractivity (Wildman–Crippen MR) is 95.6 cm³/mol. The molecule has 1 spiro atoms. The van der Waals surface area contributed by atoms with Crippen LogP contribution in [0.1, 0.15) is 16.9 Å². The fourth-order valence-corrected chi connectivity index (χ4v) is 3.81. The second-order valence-corrected chi connectivity index (χ2v) is 6.20. The van der Waals surface area contributed by atoms with Gasteiger partial charge in [-0.2, -0.15) is 5.26 Å². The molecule has 0 saturated carbocycles. The molecule has 3 heterocycles. The third kappa shape index (κ3) is 1.91. The molecule has 1 atom stereocenters. The number of nitriles is 1. The summed E-state index contributed by atoms with van der Waals surface area (Å²) in [6.45, 7) is 1.55. The number of para-hydroxylation sites is 1. The Balaban J connectivity index is 2.20. The van der Waals surface area contributed by atoms with E-state index in [1.165, 1.54) is 11.0 Å². The van der Waals surface area contributed by atoms with Crippen molar-refractivity contribution in [2.75, 3.05) is 11.4 Å². The monoisotopic (exact) mass is 359 g/mol. The first-order chi connectivity index (χ1) is 13.0. The van der Waals surface area contributed by atoms with E-state index in [4.69, 9.17) is 21.3 Å². The lowest BCUT2D eigenvalue weighted by atomic mass is 9.69. The number of terminal acetylenes is 1. The summed E-state index contributed by atoms with van der Waals surface area (Å²) in [5.41, 5.74) is 4.17. The molecule has 132 valence electrons. The number of hydrogen-bond acceptors (Lipinski definition) is 6. The Kier molecular flexibility index (Phi) is 3.37. The summed E-state index contributed by atoms with van der Waals surface area (Å²) < 4.78 is 10.7. The number of benzene rings is 1. The van der Waals surface area contributed by atoms with Gasteiger partial charge in [-0.3, -0.25) is 9.69 Å². The highest BCUT2D eigenvalue weighted by molar-refractivity contribution is 6.14. The fraction of sp³-hybridized carbons (Fsp3) is 0.150. The number of amides is 1. The summed E-state index contributed by atoms with van der Waals surface area (Å²) >= 11 is 0. The number of nitrogens with zero attached hydrogens (tertiary/aromatic N) is 2. The van der Waals surface area contributed by atoms with Gasteiger partial charge in [0.15, 0.2) is 5.41 Å². The van der Waals surface area contributed by atoms with Crippen molar-refractivity contribution in [1.29, 1.82) is 5.26 Å². The van der Waals surface area contributed by atoms with Gasteiger partial charge in [-0.15, -0.1) is 6.42 Å². The van der Waals surface area contributed by atoms with Gasteiger partial charge in [-0.25, -0.2) is 4.79 Å². The molecular weight excluding hydrogens is 346 g/mol. The number of carbonyl (C=O) groups excluding carboxylic acids is 1. The van der Waals surface area contributed by atoms with Crippen LogP contribution in [0.25, 0.3) is 0 Å². The van der Waals surface area contributed by atoms with E-state index < -0.39 is 16.9 Å². The van der Waals surface area contributed by atoms with Crippen molar-refractivity contribution in [2.45, 2.75) is 12.3 Å². The standard InChI is InChI=1S/C20H13N3O4/c1-3-8-23-14-7-5-4-6-12(14)20(19(23)25)13(10-21)17(22)27-15-9-11(2)26-18(24)16(15)20/h1,4-7,9H,8,22H2,2H3. The Bertz CT molecular complexity index is 1180. The molecule has 7 heteroatoms. The molecule has 1 amide bonds. The Labute approximate surface area is 154 Å². The van der Waals surface area contributed by atoms with E-state index in [9.17, 15) is 14.9 Å². The number of fused-ring (bicyclic) bond motifs is 4. The van der Waals surface area contributed by atoms with Gasteiger partial charge >= 0.3 is 5.63 Å². The van der Waals surface area contributed by atoms with Gasteiger partial charge in [0.2, 0.25) is 11.8 Å². The Morgan fingerprint density at radius 3 is 2.78 bits per heavy atom. The van der Waals surface area contributed by atoms with Crippen LogP contribution in [0.3, 0.4) is 0 Å². The van der Waals surface area contributed by atoms with Gasteiger partial charge in [0.25, 0.3) is 0 Å². The van der Waals surface area contributed by atoms with Crippen LogP contribution >= 0.6 is 0 Å². The van der Waals surface area contributed by atoms with Gasteiger partial charge in [-0.1, -0.05) is 24.1 Å². The zero-order valence-electron chi connectivity index (χ0n) is 14.3. The minimum absolute atomic E-state index is 0.0242. The topological polar surface area (TPSA) is 110 Å². The first kappa shape index (κ1) is 16.5. The number of anilines is 1. The van der Waals surface area contributed by atoms with E-state index in [0.29, 0.717) is 17.0 Å². The molecule has 0 saturated heterocycles. The minimum Gasteiger partial charge on any atom is -0.440 e. The van der Waals surface area contributed by atoms with Crippen molar-refractivity contribution in [3.05, 3.63) is 69.1 Å². The van der Waals surface area contributed by atoms with Crippen LogP contribution in [-0.2, 0) is 10.2 Å². The van der Waals surface area contributed by atoms with E-state index in [-0.39, 0.29) is 29.3 Å². The molecule has 0 fully saturated rings. The Hall–Kier alpha value is -3.97. The first-order valence-electron chi connectivity index (χ1n) is 8.05. The predicted octanol–water partition coefficient (Wildman–Crippen LogP) is 1.30. The normalized spacial score (nSPS) is 20.0. The molecule has 1 aromatic heterocycles. The van der Waals surface area contributed by atoms with E-state index in [1.807, 2.05) is 6.07 Å². The molecule has 2 aromatic rings. The van der Waals surface area contributed by atoms with Crippen molar-refractivity contribution < 1.29 is 13.9 Å². The Morgan fingerprint density at radius 2 is 2.07 bits per heavy atom. The van der Waals surface area contributed by atoms with Gasteiger partial charge in [-0.05, 0) is 13.0 Å². The van der Waals surface area contributed by atoms with Crippen molar-refractivity contribution in [1.82, 2.24) is 0 Å². The van der Waals surface area contributed by atoms with E-state index in [2.05, 4.69) is 5.92 Å². The van der Waals surface area contributed by atoms with Gasteiger partial charge in [0.1, 0.15) is 28.7 Å². The second kappa shape index (κ2) is 5.52. The van der Waals surface area contributed by atoms with Gasteiger partial charge < -0.3 is 14.9 Å². The van der Waals surface area contributed by atoms with Crippen molar-refractivity contribution >= 4 is 11.6 Å². The maximum atomic E-state index is 13.6. The molecule has 1 aromatic carbocycles. The number of hydrogen-bond donors (Lipinski definition) is 1. The average molecular weight is 359 g/mol. The van der Waals surface area contributed by atoms with Crippen LogP contribution in [0.5, 0.6) is 5.75 Å². The van der Waals surface area contributed by atoms with Crippen LogP contribution in [0.2, 0.25) is 0 Å². The molecule has 7 nitrogen and oxygen atoms in total. The summed E-state index contributed by atoms with van der Waals surface area (Å²) in [6.07, 6.45) is 5.43. The summed E-state index contributed by atoms with van der Waals surface area (Å²) in [5, 5.41) is 9.81. The highest BCUT2D eigenvalue weighted by atomic mass is 16.5. The zero-order chi connectivity index (χ0) is 19.3. The number of rotatable bonds is 1. The van der Waals surface area contributed by atoms with E-state index in [1.54, 1.807) is 31.2 Å². The summed E-state index contributed by atoms with van der Waals surface area (Å²) in [6, 6.07) is 10.3. The van der Waals surface area contributed by atoms with Crippen LogP contribution in [0.15, 0.2) is 51.0 Å². The Morgan fingerprint density at radius 1 is 1.33 bits per heavy atom. The zero-order valence-corrected chi connectivity index (χ0v) is 14.3. The third-order valence-electron chi connectivity index (χ3n) is 4.78. The maximum absolute atomic E-state index is 13.6. The highest BCUT2D eigenvalue weighted by Crippen LogP contribution is 2.53. The number of aryl methyl sites for hydroxylation is 1. The lowest BCUT2D eigenvalue weighted by Crippen LogP contribution is -2.48. The second-order valence-electron chi connectivity index (χ2n) is 6.20. The molecule has 27 heavy (non-hydrogen) atoms.